The maximum atomic E-state index is 11.8. The van der Waals surface area contributed by atoms with Gasteiger partial charge in [-0.25, -0.2) is 0 Å². The summed E-state index contributed by atoms with van der Waals surface area (Å²) in [5, 5.41) is 12.1. The predicted molar refractivity (Wildman–Crippen MR) is 90.6 cm³/mol. The van der Waals surface area contributed by atoms with E-state index >= 15 is 0 Å². The van der Waals surface area contributed by atoms with Crippen LogP contribution in [0.1, 0.15) is 18.4 Å². The van der Waals surface area contributed by atoms with Crippen LogP contribution in [0.25, 0.3) is 0 Å². The zero-order valence-corrected chi connectivity index (χ0v) is 13.3. The molecule has 0 aliphatic carbocycles. The van der Waals surface area contributed by atoms with Crippen LogP contribution in [0.5, 0.6) is 5.75 Å². The van der Waals surface area contributed by atoms with Crippen LogP contribution in [0.3, 0.4) is 0 Å². The van der Waals surface area contributed by atoms with E-state index in [2.05, 4.69) is 11.4 Å². The summed E-state index contributed by atoms with van der Waals surface area (Å²) in [6, 6.07) is 16.5. The molecule has 2 rings (SSSR count). The van der Waals surface area contributed by atoms with E-state index in [0.29, 0.717) is 30.9 Å². The Labute approximate surface area is 140 Å². The third-order valence-electron chi connectivity index (χ3n) is 3.15. The number of ether oxygens (including phenoxy) is 1. The molecule has 0 fully saturated rings. The number of hydrogen-bond donors (Lipinski definition) is 1. The molecule has 1 N–H and O–H groups in total. The first-order valence-electron chi connectivity index (χ1n) is 7.31. The molecule has 23 heavy (non-hydrogen) atoms. The van der Waals surface area contributed by atoms with Crippen molar-refractivity contribution in [3.8, 4) is 11.8 Å². The lowest BCUT2D eigenvalue weighted by Gasteiger charge is -2.07. The lowest BCUT2D eigenvalue weighted by atomic mass is 10.1. The topological polar surface area (TPSA) is 62.1 Å². The Hall–Kier alpha value is -2.51. The maximum Gasteiger partial charge on any atom is 0.224 e. The Kier molecular flexibility index (Phi) is 6.46. The second-order valence-electron chi connectivity index (χ2n) is 4.99. The van der Waals surface area contributed by atoms with Gasteiger partial charge in [0.15, 0.2) is 0 Å². The molecule has 1 amide bonds. The maximum absolute atomic E-state index is 11.8. The Morgan fingerprint density at radius 1 is 1.13 bits per heavy atom. The van der Waals surface area contributed by atoms with Crippen molar-refractivity contribution in [3.63, 3.8) is 0 Å². The average molecular weight is 329 g/mol. The molecule has 0 spiro atoms. The molecule has 118 valence electrons. The molecule has 2 aromatic rings. The largest absolute Gasteiger partial charge is 0.494 e. The van der Waals surface area contributed by atoms with Crippen molar-refractivity contribution in [1.82, 2.24) is 0 Å². The Balaban J connectivity index is 1.68. The molecular formula is C18H17ClN2O2. The highest BCUT2D eigenvalue weighted by atomic mass is 35.5. The summed E-state index contributed by atoms with van der Waals surface area (Å²) in [6.07, 6.45) is 1.38. The van der Waals surface area contributed by atoms with E-state index in [9.17, 15) is 4.79 Å². The number of amides is 1. The summed E-state index contributed by atoms with van der Waals surface area (Å²) >= 11 is 5.79. The number of carbonyl (C=O) groups excluding carboxylic acids is 1. The first kappa shape index (κ1) is 16.9. The summed E-state index contributed by atoms with van der Waals surface area (Å²) in [5.74, 6) is 0.681. The summed E-state index contributed by atoms with van der Waals surface area (Å²) < 4.78 is 5.53. The lowest BCUT2D eigenvalue weighted by molar-refractivity contribution is -0.116. The SMILES string of the molecule is N#CCc1ccc(NC(=O)CCCOc2ccc(Cl)cc2)cc1. The third kappa shape index (κ3) is 6.01. The third-order valence-corrected chi connectivity index (χ3v) is 3.40. The van der Waals surface area contributed by atoms with Gasteiger partial charge in [0.25, 0.3) is 0 Å². The minimum atomic E-state index is -0.0576. The van der Waals surface area contributed by atoms with Crippen molar-refractivity contribution in [3.05, 3.63) is 59.1 Å². The number of halogens is 1. The van der Waals surface area contributed by atoms with Gasteiger partial charge in [0.1, 0.15) is 5.75 Å². The van der Waals surface area contributed by atoms with E-state index in [0.717, 1.165) is 17.0 Å². The van der Waals surface area contributed by atoms with Gasteiger partial charge in [0.05, 0.1) is 19.1 Å². The fraction of sp³-hybridized carbons (Fsp3) is 0.222. The van der Waals surface area contributed by atoms with Crippen molar-refractivity contribution in [2.24, 2.45) is 0 Å². The lowest BCUT2D eigenvalue weighted by Crippen LogP contribution is -2.12. The average Bonchev–Trinajstić information content (AvgIpc) is 2.55. The molecule has 0 saturated carbocycles. The van der Waals surface area contributed by atoms with Gasteiger partial charge in [-0.05, 0) is 48.4 Å². The molecule has 2 aromatic carbocycles. The number of rotatable bonds is 7. The smallest absolute Gasteiger partial charge is 0.224 e. The molecule has 0 aliphatic rings. The quantitative estimate of drug-likeness (QED) is 0.775. The molecule has 0 saturated heterocycles. The molecule has 5 heteroatoms. The number of anilines is 1. The first-order chi connectivity index (χ1) is 11.2. The second-order valence-corrected chi connectivity index (χ2v) is 5.42. The highest BCUT2D eigenvalue weighted by Gasteiger charge is 2.03. The van der Waals surface area contributed by atoms with Crippen LogP contribution in [0.2, 0.25) is 5.02 Å². The van der Waals surface area contributed by atoms with E-state index in [1.54, 1.807) is 36.4 Å². The van der Waals surface area contributed by atoms with E-state index in [1.807, 2.05) is 12.1 Å². The van der Waals surface area contributed by atoms with E-state index in [1.165, 1.54) is 0 Å². The van der Waals surface area contributed by atoms with E-state index in [-0.39, 0.29) is 5.91 Å². The fourth-order valence-electron chi connectivity index (χ4n) is 1.97. The van der Waals surface area contributed by atoms with Crippen LogP contribution in [-0.2, 0) is 11.2 Å². The number of carbonyl (C=O) groups is 1. The normalized spacial score (nSPS) is 9.91. The fourth-order valence-corrected chi connectivity index (χ4v) is 2.10. The Morgan fingerprint density at radius 3 is 2.48 bits per heavy atom. The van der Waals surface area contributed by atoms with Crippen molar-refractivity contribution < 1.29 is 9.53 Å². The summed E-state index contributed by atoms with van der Waals surface area (Å²) in [7, 11) is 0. The summed E-state index contributed by atoms with van der Waals surface area (Å²) in [6.45, 7) is 0.468. The van der Waals surface area contributed by atoms with Gasteiger partial charge in [-0.3, -0.25) is 4.79 Å². The number of nitrogens with zero attached hydrogens (tertiary/aromatic N) is 1. The van der Waals surface area contributed by atoms with Crippen LogP contribution >= 0.6 is 11.6 Å². The molecular weight excluding hydrogens is 312 g/mol. The number of benzene rings is 2. The second kappa shape index (κ2) is 8.82. The van der Waals surface area contributed by atoms with Crippen molar-refractivity contribution in [1.29, 1.82) is 5.26 Å². The number of nitriles is 1. The molecule has 0 bridgehead atoms. The van der Waals surface area contributed by atoms with Crippen LogP contribution < -0.4 is 10.1 Å². The summed E-state index contributed by atoms with van der Waals surface area (Å²) in [4.78, 5) is 11.8. The molecule has 0 aliphatic heterocycles. The van der Waals surface area contributed by atoms with Crippen molar-refractivity contribution in [2.45, 2.75) is 19.3 Å². The Morgan fingerprint density at radius 2 is 1.83 bits per heavy atom. The number of nitrogens with one attached hydrogen (secondary N) is 1. The molecule has 4 nitrogen and oxygen atoms in total. The number of hydrogen-bond acceptors (Lipinski definition) is 3. The van der Waals surface area contributed by atoms with Crippen LogP contribution in [-0.4, -0.2) is 12.5 Å². The van der Waals surface area contributed by atoms with Crippen LogP contribution in [0.15, 0.2) is 48.5 Å². The van der Waals surface area contributed by atoms with Crippen molar-refractivity contribution >= 4 is 23.2 Å². The molecule has 0 unspecified atom stereocenters. The Bertz CT molecular complexity index is 676. The van der Waals surface area contributed by atoms with Gasteiger partial charge in [-0.15, -0.1) is 0 Å². The van der Waals surface area contributed by atoms with Gasteiger partial charge in [-0.1, -0.05) is 23.7 Å². The highest BCUT2D eigenvalue weighted by molar-refractivity contribution is 6.30. The van der Waals surface area contributed by atoms with Crippen LogP contribution in [0.4, 0.5) is 5.69 Å². The van der Waals surface area contributed by atoms with Gasteiger partial charge in [0, 0.05) is 17.1 Å². The summed E-state index contributed by atoms with van der Waals surface area (Å²) in [5.41, 5.74) is 1.66. The van der Waals surface area contributed by atoms with Gasteiger partial charge >= 0.3 is 0 Å². The minimum Gasteiger partial charge on any atom is -0.494 e. The van der Waals surface area contributed by atoms with E-state index < -0.39 is 0 Å². The standard InChI is InChI=1S/C18H17ClN2O2/c19-15-5-9-17(10-6-15)23-13-1-2-18(22)21-16-7-3-14(4-8-16)11-12-20/h3-10H,1-2,11,13H2,(H,21,22). The molecule has 0 heterocycles. The van der Waals surface area contributed by atoms with Gasteiger partial charge in [-0.2, -0.15) is 5.26 Å². The zero-order chi connectivity index (χ0) is 16.5. The zero-order valence-electron chi connectivity index (χ0n) is 12.6. The van der Waals surface area contributed by atoms with Crippen LogP contribution in [0, 0.1) is 11.3 Å². The molecule has 0 aromatic heterocycles. The first-order valence-corrected chi connectivity index (χ1v) is 7.69. The highest BCUT2D eigenvalue weighted by Crippen LogP contribution is 2.16. The minimum absolute atomic E-state index is 0.0576. The van der Waals surface area contributed by atoms with E-state index in [4.69, 9.17) is 21.6 Å². The molecule has 0 atom stereocenters. The van der Waals surface area contributed by atoms with Gasteiger partial charge in [0.2, 0.25) is 5.91 Å². The molecule has 0 radical (unpaired) electrons. The predicted octanol–water partition coefficient (Wildman–Crippen LogP) is 4.20. The monoisotopic (exact) mass is 328 g/mol. The van der Waals surface area contributed by atoms with Gasteiger partial charge < -0.3 is 10.1 Å². The van der Waals surface area contributed by atoms with Crippen molar-refractivity contribution in [2.75, 3.05) is 11.9 Å².